The molecule has 0 spiro atoms. The molecule has 0 amide bonds. The van der Waals surface area contributed by atoms with Crippen molar-refractivity contribution in [1.29, 1.82) is 5.26 Å². The third kappa shape index (κ3) is 3.27. The Labute approximate surface area is 164 Å². The summed E-state index contributed by atoms with van der Waals surface area (Å²) in [6.07, 6.45) is 1.48. The van der Waals surface area contributed by atoms with Crippen molar-refractivity contribution in [3.8, 4) is 17.7 Å². The maximum absolute atomic E-state index is 9.80. The van der Waals surface area contributed by atoms with Gasteiger partial charge in [-0.3, -0.25) is 0 Å². The topological polar surface area (TPSA) is 81.1 Å². The molecule has 3 aromatic rings. The second kappa shape index (κ2) is 7.49. The first-order valence-electron chi connectivity index (χ1n) is 9.60. The van der Waals surface area contributed by atoms with Crippen LogP contribution < -0.4 is 9.64 Å². The van der Waals surface area contributed by atoms with Crippen LogP contribution in [0.5, 0.6) is 11.6 Å². The Morgan fingerprint density at radius 2 is 1.96 bits per heavy atom. The summed E-state index contributed by atoms with van der Waals surface area (Å²) in [5.41, 5.74) is 3.57. The quantitative estimate of drug-likeness (QED) is 0.752. The zero-order valence-corrected chi connectivity index (χ0v) is 16.5. The summed E-state index contributed by atoms with van der Waals surface area (Å²) in [7, 11) is 0. The number of nitrogens with zero attached hydrogens (tertiary/aromatic N) is 5. The predicted molar refractivity (Wildman–Crippen MR) is 109 cm³/mol. The summed E-state index contributed by atoms with van der Waals surface area (Å²) in [5, 5.41) is 10.9. The standard InChI is InChI=1S/C21H24N6O/c1-4-26-7-9-27(10-8-26)20-17(12-22)21(24-13-23-20)28-19-6-5-18-16(15(19)3)11-14(2)25-18/h5-6,11,13,25H,4,7-10H2,1-3H3. The molecule has 1 fully saturated rings. The average molecular weight is 376 g/mol. The van der Waals surface area contributed by atoms with Crippen LogP contribution in [0.1, 0.15) is 23.7 Å². The van der Waals surface area contributed by atoms with Crippen molar-refractivity contribution in [2.75, 3.05) is 37.6 Å². The van der Waals surface area contributed by atoms with E-state index in [0.717, 1.165) is 54.9 Å². The number of aromatic nitrogens is 3. The lowest BCUT2D eigenvalue weighted by molar-refractivity contribution is 0.270. The van der Waals surface area contributed by atoms with E-state index in [1.807, 2.05) is 26.0 Å². The van der Waals surface area contributed by atoms with E-state index in [9.17, 15) is 5.26 Å². The first-order chi connectivity index (χ1) is 13.6. The van der Waals surface area contributed by atoms with Gasteiger partial charge in [-0.25, -0.2) is 9.97 Å². The van der Waals surface area contributed by atoms with E-state index in [1.54, 1.807) is 0 Å². The van der Waals surface area contributed by atoms with Crippen LogP contribution in [0, 0.1) is 25.2 Å². The average Bonchev–Trinajstić information content (AvgIpc) is 3.11. The molecule has 0 aliphatic carbocycles. The fraction of sp³-hybridized carbons (Fsp3) is 0.381. The van der Waals surface area contributed by atoms with Crippen molar-refractivity contribution in [3.05, 3.63) is 41.3 Å². The van der Waals surface area contributed by atoms with Crippen LogP contribution >= 0.6 is 0 Å². The Morgan fingerprint density at radius 1 is 1.18 bits per heavy atom. The molecule has 1 aliphatic rings. The number of likely N-dealkylation sites (N-methyl/N-ethyl adjacent to an activating group) is 1. The molecule has 1 saturated heterocycles. The highest BCUT2D eigenvalue weighted by Crippen LogP contribution is 2.33. The molecule has 0 atom stereocenters. The summed E-state index contributed by atoms with van der Waals surface area (Å²) in [4.78, 5) is 16.5. The van der Waals surface area contributed by atoms with Gasteiger partial charge in [0, 0.05) is 48.3 Å². The van der Waals surface area contributed by atoms with Crippen LogP contribution in [0.2, 0.25) is 0 Å². The number of aryl methyl sites for hydroxylation is 2. The Morgan fingerprint density at radius 3 is 2.68 bits per heavy atom. The molecule has 28 heavy (non-hydrogen) atoms. The molecule has 0 radical (unpaired) electrons. The Hall–Kier alpha value is -3.11. The second-order valence-electron chi connectivity index (χ2n) is 7.11. The van der Waals surface area contributed by atoms with Gasteiger partial charge in [0.15, 0.2) is 11.4 Å². The zero-order valence-electron chi connectivity index (χ0n) is 16.5. The van der Waals surface area contributed by atoms with Gasteiger partial charge < -0.3 is 19.5 Å². The normalized spacial score (nSPS) is 15.0. The number of fused-ring (bicyclic) bond motifs is 1. The Balaban J connectivity index is 1.66. The van der Waals surface area contributed by atoms with Crippen LogP contribution in [0.25, 0.3) is 10.9 Å². The van der Waals surface area contributed by atoms with Crippen molar-refractivity contribution in [3.63, 3.8) is 0 Å². The van der Waals surface area contributed by atoms with Crippen LogP contribution in [-0.4, -0.2) is 52.6 Å². The number of rotatable bonds is 4. The van der Waals surface area contributed by atoms with Gasteiger partial charge in [-0.1, -0.05) is 6.92 Å². The maximum Gasteiger partial charge on any atom is 0.242 e. The third-order valence-electron chi connectivity index (χ3n) is 5.39. The highest BCUT2D eigenvalue weighted by molar-refractivity contribution is 5.86. The van der Waals surface area contributed by atoms with Crippen LogP contribution in [-0.2, 0) is 0 Å². The number of hydrogen-bond acceptors (Lipinski definition) is 6. The van der Waals surface area contributed by atoms with Gasteiger partial charge in [0.25, 0.3) is 0 Å². The largest absolute Gasteiger partial charge is 0.437 e. The lowest BCUT2D eigenvalue weighted by Gasteiger charge is -2.35. The molecule has 4 rings (SSSR count). The molecule has 1 aromatic carbocycles. The molecule has 7 nitrogen and oxygen atoms in total. The van der Waals surface area contributed by atoms with Crippen LogP contribution in [0.4, 0.5) is 5.82 Å². The van der Waals surface area contributed by atoms with Gasteiger partial charge >= 0.3 is 0 Å². The molecule has 2 aromatic heterocycles. The van der Waals surface area contributed by atoms with E-state index < -0.39 is 0 Å². The summed E-state index contributed by atoms with van der Waals surface area (Å²) in [6.45, 7) is 10.9. The van der Waals surface area contributed by atoms with Gasteiger partial charge in [0.1, 0.15) is 18.1 Å². The molecule has 144 valence electrons. The molecule has 0 saturated carbocycles. The minimum absolute atomic E-state index is 0.306. The molecule has 0 unspecified atom stereocenters. The number of aromatic amines is 1. The lowest BCUT2D eigenvalue weighted by atomic mass is 10.1. The van der Waals surface area contributed by atoms with Crippen molar-refractivity contribution in [2.24, 2.45) is 0 Å². The predicted octanol–water partition coefficient (Wildman–Crippen LogP) is 3.38. The second-order valence-corrected chi connectivity index (χ2v) is 7.11. The number of anilines is 1. The first kappa shape index (κ1) is 18.3. The summed E-state index contributed by atoms with van der Waals surface area (Å²) >= 11 is 0. The molecular formula is C21H24N6O. The van der Waals surface area contributed by atoms with Crippen molar-refractivity contribution in [2.45, 2.75) is 20.8 Å². The number of ether oxygens (including phenoxy) is 1. The van der Waals surface area contributed by atoms with Crippen molar-refractivity contribution < 1.29 is 4.74 Å². The Bertz CT molecular complexity index is 1040. The third-order valence-corrected chi connectivity index (χ3v) is 5.39. The number of piperazine rings is 1. The molecule has 1 N–H and O–H groups in total. The minimum atomic E-state index is 0.306. The van der Waals surface area contributed by atoms with E-state index in [2.05, 4.69) is 43.8 Å². The van der Waals surface area contributed by atoms with E-state index in [4.69, 9.17) is 4.74 Å². The van der Waals surface area contributed by atoms with Gasteiger partial charge in [0.05, 0.1) is 0 Å². The van der Waals surface area contributed by atoms with Crippen molar-refractivity contribution >= 4 is 16.7 Å². The number of hydrogen-bond donors (Lipinski definition) is 1. The Kier molecular flexibility index (Phi) is 4.88. The van der Waals surface area contributed by atoms with Crippen LogP contribution in [0.3, 0.4) is 0 Å². The molecule has 7 heteroatoms. The number of nitrogens with one attached hydrogen (secondary N) is 1. The van der Waals surface area contributed by atoms with E-state index in [0.29, 0.717) is 23.0 Å². The van der Waals surface area contributed by atoms with Gasteiger partial charge in [-0.05, 0) is 38.6 Å². The molecule has 3 heterocycles. The number of benzene rings is 1. The molecule has 1 aliphatic heterocycles. The van der Waals surface area contributed by atoms with Gasteiger partial charge in [-0.2, -0.15) is 5.26 Å². The highest BCUT2D eigenvalue weighted by atomic mass is 16.5. The highest BCUT2D eigenvalue weighted by Gasteiger charge is 2.23. The lowest BCUT2D eigenvalue weighted by Crippen LogP contribution is -2.46. The first-order valence-corrected chi connectivity index (χ1v) is 9.60. The van der Waals surface area contributed by atoms with Crippen molar-refractivity contribution in [1.82, 2.24) is 19.9 Å². The summed E-state index contributed by atoms with van der Waals surface area (Å²) < 4.78 is 6.10. The van der Waals surface area contributed by atoms with E-state index in [1.165, 1.54) is 6.33 Å². The minimum Gasteiger partial charge on any atom is -0.437 e. The smallest absolute Gasteiger partial charge is 0.242 e. The SMILES string of the molecule is CCN1CCN(c2ncnc(Oc3ccc4[nH]c(C)cc4c3C)c2C#N)CC1. The fourth-order valence-corrected chi connectivity index (χ4v) is 3.73. The fourth-order valence-electron chi connectivity index (χ4n) is 3.73. The van der Waals surface area contributed by atoms with E-state index >= 15 is 0 Å². The molecular weight excluding hydrogens is 352 g/mol. The number of H-pyrrole nitrogens is 1. The zero-order chi connectivity index (χ0) is 19.7. The van der Waals surface area contributed by atoms with Gasteiger partial charge in [0.2, 0.25) is 5.88 Å². The van der Waals surface area contributed by atoms with Gasteiger partial charge in [-0.15, -0.1) is 0 Å². The maximum atomic E-state index is 9.80. The number of nitriles is 1. The van der Waals surface area contributed by atoms with E-state index in [-0.39, 0.29) is 0 Å². The molecule has 0 bridgehead atoms. The van der Waals surface area contributed by atoms with Crippen LogP contribution in [0.15, 0.2) is 24.5 Å². The summed E-state index contributed by atoms with van der Waals surface area (Å²) in [6, 6.07) is 8.26. The monoisotopic (exact) mass is 376 g/mol. The summed E-state index contributed by atoms with van der Waals surface area (Å²) in [5.74, 6) is 1.66.